The third-order valence-electron chi connectivity index (χ3n) is 4.41. The van der Waals surface area contributed by atoms with Crippen molar-refractivity contribution >= 4 is 33.4 Å². The Balaban J connectivity index is 1.50. The summed E-state index contributed by atoms with van der Waals surface area (Å²) in [5.74, 6) is 0.542. The Hall–Kier alpha value is -2.31. The lowest BCUT2D eigenvalue weighted by atomic mass is 10.1. The fourth-order valence-electron chi connectivity index (χ4n) is 2.84. The Morgan fingerprint density at radius 2 is 2.07 bits per heavy atom. The molecule has 5 nitrogen and oxygen atoms in total. The third kappa shape index (κ3) is 6.08. The van der Waals surface area contributed by atoms with Gasteiger partial charge < -0.3 is 10.1 Å². The van der Waals surface area contributed by atoms with E-state index in [0.29, 0.717) is 29.5 Å². The van der Waals surface area contributed by atoms with Crippen molar-refractivity contribution < 1.29 is 9.53 Å². The van der Waals surface area contributed by atoms with Gasteiger partial charge in [0, 0.05) is 24.8 Å². The molecule has 0 saturated heterocycles. The molecule has 0 spiro atoms. The zero-order valence-electron chi connectivity index (χ0n) is 16.4. The highest BCUT2D eigenvalue weighted by atomic mass is 79.9. The fourth-order valence-corrected chi connectivity index (χ4v) is 3.33. The van der Waals surface area contributed by atoms with Gasteiger partial charge in [-0.2, -0.15) is 5.10 Å². The van der Waals surface area contributed by atoms with Crippen molar-refractivity contribution in [3.8, 4) is 5.75 Å². The minimum atomic E-state index is -0.0988. The Labute approximate surface area is 184 Å². The molecule has 1 heterocycles. The number of rotatable bonds is 8. The van der Waals surface area contributed by atoms with Gasteiger partial charge in [-0.25, -0.2) is 0 Å². The molecule has 0 unspecified atom stereocenters. The van der Waals surface area contributed by atoms with Gasteiger partial charge in [-0.15, -0.1) is 0 Å². The van der Waals surface area contributed by atoms with Gasteiger partial charge in [-0.05, 0) is 71.6 Å². The predicted octanol–water partition coefficient (Wildman–Crippen LogP) is 5.31. The first-order valence-corrected chi connectivity index (χ1v) is 10.5. The van der Waals surface area contributed by atoms with Crippen molar-refractivity contribution in [1.29, 1.82) is 0 Å². The molecule has 0 fully saturated rings. The van der Waals surface area contributed by atoms with E-state index in [-0.39, 0.29) is 5.91 Å². The number of amides is 1. The normalized spacial score (nSPS) is 10.8. The van der Waals surface area contributed by atoms with E-state index in [2.05, 4.69) is 26.3 Å². The highest BCUT2D eigenvalue weighted by molar-refractivity contribution is 9.10. The van der Waals surface area contributed by atoms with Gasteiger partial charge in [0.2, 0.25) is 0 Å². The highest BCUT2D eigenvalue weighted by Gasteiger charge is 2.08. The van der Waals surface area contributed by atoms with Gasteiger partial charge in [0.1, 0.15) is 12.4 Å². The second-order valence-corrected chi connectivity index (χ2v) is 8.12. The van der Waals surface area contributed by atoms with Crippen LogP contribution >= 0.6 is 27.5 Å². The molecule has 152 valence electrons. The lowest BCUT2D eigenvalue weighted by molar-refractivity contribution is 0.0952. The summed E-state index contributed by atoms with van der Waals surface area (Å²) < 4.78 is 8.69. The van der Waals surface area contributed by atoms with Gasteiger partial charge in [0.05, 0.1) is 15.2 Å². The molecule has 0 aliphatic rings. The van der Waals surface area contributed by atoms with Gasteiger partial charge >= 0.3 is 0 Å². The fraction of sp³-hybridized carbons (Fsp3) is 0.273. The SMILES string of the molecule is Cc1ccc(Cl)c(OCc2cccc(C(=O)NCCCn3cc(Br)c(C)n3)c2)c1. The Morgan fingerprint density at radius 3 is 2.83 bits per heavy atom. The maximum atomic E-state index is 12.4. The number of hydrogen-bond donors (Lipinski definition) is 1. The van der Waals surface area contributed by atoms with Crippen LogP contribution in [0.2, 0.25) is 5.02 Å². The minimum Gasteiger partial charge on any atom is -0.487 e. The zero-order valence-corrected chi connectivity index (χ0v) is 18.8. The Morgan fingerprint density at radius 1 is 1.24 bits per heavy atom. The predicted molar refractivity (Wildman–Crippen MR) is 119 cm³/mol. The average Bonchev–Trinajstić information content (AvgIpc) is 3.03. The number of nitrogens with zero attached hydrogens (tertiary/aromatic N) is 2. The van der Waals surface area contributed by atoms with Crippen LogP contribution < -0.4 is 10.1 Å². The summed E-state index contributed by atoms with van der Waals surface area (Å²) in [7, 11) is 0. The number of carbonyl (C=O) groups excluding carboxylic acids is 1. The zero-order chi connectivity index (χ0) is 20.8. The number of aryl methyl sites for hydroxylation is 3. The molecule has 29 heavy (non-hydrogen) atoms. The number of aromatic nitrogens is 2. The number of halogens is 2. The van der Waals surface area contributed by atoms with Crippen LogP contribution in [0.15, 0.2) is 53.1 Å². The van der Waals surface area contributed by atoms with E-state index in [1.54, 1.807) is 6.07 Å². The first kappa shape index (κ1) is 21.4. The molecule has 0 saturated carbocycles. The first-order valence-electron chi connectivity index (χ1n) is 9.38. The maximum absolute atomic E-state index is 12.4. The van der Waals surface area contributed by atoms with Crippen LogP contribution in [0.3, 0.4) is 0 Å². The van der Waals surface area contributed by atoms with Crippen molar-refractivity contribution in [3.63, 3.8) is 0 Å². The maximum Gasteiger partial charge on any atom is 0.251 e. The summed E-state index contributed by atoms with van der Waals surface area (Å²) in [4.78, 5) is 12.4. The lowest BCUT2D eigenvalue weighted by Crippen LogP contribution is -2.25. The second kappa shape index (κ2) is 9.94. The van der Waals surface area contributed by atoms with Crippen molar-refractivity contribution in [1.82, 2.24) is 15.1 Å². The molecule has 0 aliphatic heterocycles. The van der Waals surface area contributed by atoms with Crippen molar-refractivity contribution in [2.75, 3.05) is 6.54 Å². The van der Waals surface area contributed by atoms with Crippen molar-refractivity contribution in [2.45, 2.75) is 33.4 Å². The molecular formula is C22H23BrClN3O2. The molecular weight excluding hydrogens is 454 g/mol. The topological polar surface area (TPSA) is 56.1 Å². The lowest BCUT2D eigenvalue weighted by Gasteiger charge is -2.10. The van der Waals surface area contributed by atoms with E-state index in [1.165, 1.54) is 0 Å². The molecule has 3 aromatic rings. The monoisotopic (exact) mass is 475 g/mol. The first-order chi connectivity index (χ1) is 13.9. The van der Waals surface area contributed by atoms with Gasteiger partial charge in [0.25, 0.3) is 5.91 Å². The van der Waals surface area contributed by atoms with E-state index >= 15 is 0 Å². The molecule has 0 radical (unpaired) electrons. The van der Waals surface area contributed by atoms with E-state index < -0.39 is 0 Å². The summed E-state index contributed by atoms with van der Waals surface area (Å²) in [6.45, 7) is 5.61. The number of ether oxygens (including phenoxy) is 1. The molecule has 1 N–H and O–H groups in total. The number of benzene rings is 2. The average molecular weight is 477 g/mol. The summed E-state index contributed by atoms with van der Waals surface area (Å²) >= 11 is 9.62. The van der Waals surface area contributed by atoms with Gasteiger partial charge in [-0.3, -0.25) is 9.48 Å². The van der Waals surface area contributed by atoms with E-state index in [1.807, 2.05) is 61.1 Å². The molecule has 0 aliphatic carbocycles. The quantitative estimate of drug-likeness (QED) is 0.448. The van der Waals surface area contributed by atoms with Crippen LogP contribution in [0.4, 0.5) is 0 Å². The summed E-state index contributed by atoms with van der Waals surface area (Å²) in [5, 5.41) is 7.92. The van der Waals surface area contributed by atoms with Crippen LogP contribution in [0.5, 0.6) is 5.75 Å². The molecule has 7 heteroatoms. The van der Waals surface area contributed by atoms with Crippen molar-refractivity contribution in [2.24, 2.45) is 0 Å². The number of carbonyl (C=O) groups is 1. The molecule has 2 aromatic carbocycles. The van der Waals surface area contributed by atoms with E-state index in [4.69, 9.17) is 16.3 Å². The standard InChI is InChI=1S/C22H23BrClN3O2/c1-15-7-8-20(24)21(11-15)29-14-17-5-3-6-18(12-17)22(28)25-9-4-10-27-13-19(23)16(2)26-27/h3,5-8,11-13H,4,9-10,14H2,1-2H3,(H,25,28). The summed E-state index contributed by atoms with van der Waals surface area (Å²) in [6, 6.07) is 13.1. The second-order valence-electron chi connectivity index (χ2n) is 6.86. The van der Waals surface area contributed by atoms with E-state index in [9.17, 15) is 4.79 Å². The molecule has 0 atom stereocenters. The van der Waals surface area contributed by atoms with Crippen molar-refractivity contribution in [3.05, 3.63) is 80.5 Å². The minimum absolute atomic E-state index is 0.0988. The van der Waals surface area contributed by atoms with Gasteiger partial charge in [0.15, 0.2) is 0 Å². The molecule has 1 amide bonds. The molecule has 0 bridgehead atoms. The number of hydrogen-bond acceptors (Lipinski definition) is 3. The van der Waals surface area contributed by atoms with Crippen LogP contribution in [0.1, 0.15) is 33.6 Å². The summed E-state index contributed by atoms with van der Waals surface area (Å²) in [6.07, 6.45) is 2.75. The van der Waals surface area contributed by atoms with E-state index in [0.717, 1.165) is 34.3 Å². The Bertz CT molecular complexity index is 984. The largest absolute Gasteiger partial charge is 0.487 e. The number of nitrogens with one attached hydrogen (secondary N) is 1. The third-order valence-corrected chi connectivity index (χ3v) is 5.50. The van der Waals surface area contributed by atoms with Crippen LogP contribution in [-0.4, -0.2) is 22.2 Å². The Kier molecular flexibility index (Phi) is 7.34. The van der Waals surface area contributed by atoms with Crippen LogP contribution in [-0.2, 0) is 13.2 Å². The highest BCUT2D eigenvalue weighted by Crippen LogP contribution is 2.26. The summed E-state index contributed by atoms with van der Waals surface area (Å²) in [5.41, 5.74) is 3.56. The van der Waals surface area contributed by atoms with Crippen LogP contribution in [0.25, 0.3) is 0 Å². The van der Waals surface area contributed by atoms with Crippen LogP contribution in [0, 0.1) is 13.8 Å². The molecule has 3 rings (SSSR count). The smallest absolute Gasteiger partial charge is 0.251 e. The molecule has 1 aromatic heterocycles. The van der Waals surface area contributed by atoms with Gasteiger partial charge in [-0.1, -0.05) is 29.8 Å².